The van der Waals surface area contributed by atoms with E-state index in [9.17, 15) is 0 Å². The number of hydrogen-bond acceptors (Lipinski definition) is 0. The minimum atomic E-state index is -0.505. The molecule has 10 aromatic carbocycles. The Labute approximate surface area is 381 Å². The van der Waals surface area contributed by atoms with Crippen molar-refractivity contribution < 1.29 is 0 Å². The largest absolute Gasteiger partial charge is 0.309 e. The number of fused-ring (bicyclic) bond motifs is 6. The number of benzene rings is 10. The normalized spacial score (nSPS) is 12.9. The Kier molecular flexibility index (Phi) is 9.14. The third-order valence-corrected chi connectivity index (χ3v) is 14.1. The van der Waals surface area contributed by atoms with Crippen LogP contribution < -0.4 is 0 Å². The second-order valence-corrected chi connectivity index (χ2v) is 18.1. The summed E-state index contributed by atoms with van der Waals surface area (Å²) in [7, 11) is 0. The van der Waals surface area contributed by atoms with Gasteiger partial charge in [-0.15, -0.1) is 0 Å². The van der Waals surface area contributed by atoms with Crippen LogP contribution >= 0.6 is 0 Å². The fraction of sp³-hybridized carbons (Fsp3) is 0.0625. The molecule has 1 aromatic heterocycles. The molecule has 0 N–H and O–H groups in total. The van der Waals surface area contributed by atoms with Crippen LogP contribution in [-0.4, -0.2) is 4.57 Å². The summed E-state index contributed by atoms with van der Waals surface area (Å²) in [6.07, 6.45) is 0. The van der Waals surface area contributed by atoms with Crippen molar-refractivity contribution in [2.45, 2.75) is 24.7 Å². The van der Waals surface area contributed by atoms with Gasteiger partial charge in [0, 0.05) is 21.9 Å². The van der Waals surface area contributed by atoms with Crippen molar-refractivity contribution >= 4 is 21.8 Å². The summed E-state index contributed by atoms with van der Waals surface area (Å²) in [6.45, 7) is 4.81. The zero-order chi connectivity index (χ0) is 43.5. The van der Waals surface area contributed by atoms with Crippen LogP contribution in [0.1, 0.15) is 47.2 Å². The third kappa shape index (κ3) is 6.22. The summed E-state index contributed by atoms with van der Waals surface area (Å²) in [5.74, 6) is 0. The number of aromatic nitrogens is 1. The molecule has 0 amide bonds. The minimum absolute atomic E-state index is 0.229. The highest BCUT2D eigenvalue weighted by atomic mass is 15.0. The standard InChI is InChI=1S/C64H47N/c1-63(2)59-42-47(32-35-55(59)56-36-34-53(43-60(56)63)64(50-24-12-5-13-25-50,51-26-14-6-15-27-51)52-28-16-7-17-29-52)46-33-37-62-58(41-46)57-30-18-19-31-61(57)65(62)54-39-48(44-20-8-3-9-21-44)38-49(40-54)45-22-10-4-11-23-45/h3-43H,1-2H3. The van der Waals surface area contributed by atoms with E-state index in [-0.39, 0.29) is 5.41 Å². The summed E-state index contributed by atoms with van der Waals surface area (Å²) in [4.78, 5) is 0. The van der Waals surface area contributed by atoms with E-state index in [0.717, 1.165) is 5.69 Å². The molecule has 0 bridgehead atoms. The van der Waals surface area contributed by atoms with E-state index in [2.05, 4.69) is 267 Å². The van der Waals surface area contributed by atoms with Gasteiger partial charge in [0.25, 0.3) is 0 Å². The van der Waals surface area contributed by atoms with Crippen LogP contribution in [0.4, 0.5) is 0 Å². The smallest absolute Gasteiger partial charge is 0.0701 e. The first-order valence-corrected chi connectivity index (χ1v) is 22.7. The number of hydrogen-bond donors (Lipinski definition) is 0. The predicted molar refractivity (Wildman–Crippen MR) is 273 cm³/mol. The molecular formula is C64H47N. The van der Waals surface area contributed by atoms with E-state index in [1.54, 1.807) is 0 Å². The fourth-order valence-corrected chi connectivity index (χ4v) is 11.0. The average Bonchev–Trinajstić information content (AvgIpc) is 3.82. The molecule has 0 aliphatic heterocycles. The van der Waals surface area contributed by atoms with E-state index in [0.29, 0.717) is 0 Å². The Hall–Kier alpha value is -8.00. The maximum absolute atomic E-state index is 2.51. The molecule has 1 heterocycles. The van der Waals surface area contributed by atoms with Crippen LogP contribution in [0.3, 0.4) is 0 Å². The summed E-state index contributed by atoms with van der Waals surface area (Å²) in [5, 5.41) is 2.49. The predicted octanol–water partition coefficient (Wildman–Crippen LogP) is 16.5. The van der Waals surface area contributed by atoms with Gasteiger partial charge in [0.05, 0.1) is 16.4 Å². The van der Waals surface area contributed by atoms with Crippen LogP contribution in [0.5, 0.6) is 0 Å². The molecule has 0 fully saturated rings. The molecule has 1 heteroatoms. The van der Waals surface area contributed by atoms with Crippen molar-refractivity contribution in [2.24, 2.45) is 0 Å². The SMILES string of the molecule is CC1(C)c2cc(-c3ccc4c(c3)c3ccccc3n4-c3cc(-c4ccccc4)cc(-c4ccccc4)c3)ccc2-c2ccc(C(c3ccccc3)(c3ccccc3)c3ccccc3)cc21. The molecule has 1 aliphatic rings. The van der Waals surface area contributed by atoms with Crippen molar-refractivity contribution in [1.82, 2.24) is 4.57 Å². The van der Waals surface area contributed by atoms with Gasteiger partial charge in [-0.2, -0.15) is 0 Å². The Morgan fingerprint density at radius 1 is 0.308 bits per heavy atom. The molecular weight excluding hydrogens is 783 g/mol. The topological polar surface area (TPSA) is 4.93 Å². The molecule has 11 aromatic rings. The van der Waals surface area contributed by atoms with Gasteiger partial charge in [-0.05, 0) is 120 Å². The van der Waals surface area contributed by atoms with Crippen LogP contribution in [0.15, 0.2) is 249 Å². The van der Waals surface area contributed by atoms with Gasteiger partial charge in [-0.3, -0.25) is 0 Å². The Balaban J connectivity index is 0.982. The molecule has 0 unspecified atom stereocenters. The molecule has 0 saturated heterocycles. The van der Waals surface area contributed by atoms with Crippen molar-refractivity contribution in [1.29, 1.82) is 0 Å². The second kappa shape index (κ2) is 15.4. The molecule has 12 rings (SSSR count). The lowest BCUT2D eigenvalue weighted by Gasteiger charge is -2.37. The van der Waals surface area contributed by atoms with E-state index in [1.807, 2.05) is 0 Å². The summed E-state index contributed by atoms with van der Waals surface area (Å²) in [6, 6.07) is 92.0. The number of nitrogens with zero attached hydrogens (tertiary/aromatic N) is 1. The van der Waals surface area contributed by atoms with Crippen LogP contribution in [0.2, 0.25) is 0 Å². The number of rotatable bonds is 8. The van der Waals surface area contributed by atoms with Gasteiger partial charge in [0.15, 0.2) is 0 Å². The zero-order valence-corrected chi connectivity index (χ0v) is 36.6. The van der Waals surface area contributed by atoms with Crippen molar-refractivity contribution in [2.75, 3.05) is 0 Å². The van der Waals surface area contributed by atoms with E-state index < -0.39 is 5.41 Å². The summed E-state index contributed by atoms with van der Waals surface area (Å²) in [5.41, 5.74) is 20.4. The van der Waals surface area contributed by atoms with E-state index >= 15 is 0 Å². The lowest BCUT2D eigenvalue weighted by molar-refractivity contribution is 0.655. The third-order valence-electron chi connectivity index (χ3n) is 14.1. The first-order valence-electron chi connectivity index (χ1n) is 22.7. The molecule has 0 saturated carbocycles. The molecule has 0 atom stereocenters. The van der Waals surface area contributed by atoms with Gasteiger partial charge >= 0.3 is 0 Å². The lowest BCUT2D eigenvalue weighted by Crippen LogP contribution is -2.31. The number of para-hydroxylation sites is 1. The zero-order valence-electron chi connectivity index (χ0n) is 36.6. The molecule has 1 nitrogen and oxygen atoms in total. The Morgan fingerprint density at radius 2 is 0.754 bits per heavy atom. The first kappa shape index (κ1) is 38.7. The molecule has 0 spiro atoms. The highest BCUT2D eigenvalue weighted by Gasteiger charge is 2.42. The van der Waals surface area contributed by atoms with Crippen molar-refractivity contribution in [3.63, 3.8) is 0 Å². The summed E-state index contributed by atoms with van der Waals surface area (Å²) >= 11 is 0. The van der Waals surface area contributed by atoms with E-state index in [1.165, 1.54) is 99.7 Å². The average molecular weight is 830 g/mol. The van der Waals surface area contributed by atoms with Crippen LogP contribution in [0, 0.1) is 0 Å². The molecule has 0 radical (unpaired) electrons. The highest BCUT2D eigenvalue weighted by Crippen LogP contribution is 2.53. The van der Waals surface area contributed by atoms with Gasteiger partial charge in [-0.1, -0.05) is 220 Å². The quantitative estimate of drug-likeness (QED) is 0.134. The van der Waals surface area contributed by atoms with Gasteiger partial charge < -0.3 is 4.57 Å². The Morgan fingerprint density at radius 3 is 1.32 bits per heavy atom. The van der Waals surface area contributed by atoms with Crippen molar-refractivity contribution in [3.8, 4) is 50.2 Å². The van der Waals surface area contributed by atoms with Crippen molar-refractivity contribution in [3.05, 3.63) is 282 Å². The van der Waals surface area contributed by atoms with E-state index in [4.69, 9.17) is 0 Å². The van der Waals surface area contributed by atoms with Crippen LogP contribution in [-0.2, 0) is 10.8 Å². The monoisotopic (exact) mass is 829 g/mol. The lowest BCUT2D eigenvalue weighted by atomic mass is 9.64. The Bertz CT molecular complexity index is 3370. The first-order chi connectivity index (χ1) is 32.0. The minimum Gasteiger partial charge on any atom is -0.309 e. The van der Waals surface area contributed by atoms with Gasteiger partial charge in [0.1, 0.15) is 0 Å². The van der Waals surface area contributed by atoms with Gasteiger partial charge in [0.2, 0.25) is 0 Å². The second-order valence-electron chi connectivity index (χ2n) is 18.1. The molecule has 65 heavy (non-hydrogen) atoms. The maximum Gasteiger partial charge on any atom is 0.0701 e. The molecule has 1 aliphatic carbocycles. The van der Waals surface area contributed by atoms with Crippen LogP contribution in [0.25, 0.3) is 72.0 Å². The fourth-order valence-electron chi connectivity index (χ4n) is 11.0. The molecule has 308 valence electrons. The summed E-state index contributed by atoms with van der Waals surface area (Å²) < 4.78 is 2.45. The highest BCUT2D eigenvalue weighted by molar-refractivity contribution is 6.10. The maximum atomic E-state index is 2.51. The van der Waals surface area contributed by atoms with Gasteiger partial charge in [-0.25, -0.2) is 0 Å².